The number of hydrogen-bond donors (Lipinski definition) is 0. The topological polar surface area (TPSA) is 49.7 Å². The maximum absolute atomic E-state index is 11.9. The molecule has 18 heavy (non-hydrogen) atoms. The third-order valence-corrected chi connectivity index (χ3v) is 4.96. The van der Waals surface area contributed by atoms with Gasteiger partial charge in [0, 0.05) is 18.7 Å². The van der Waals surface area contributed by atoms with Crippen molar-refractivity contribution in [1.29, 1.82) is 0 Å². The van der Waals surface area contributed by atoms with Crippen molar-refractivity contribution in [2.24, 2.45) is 4.40 Å². The molecule has 1 atom stereocenters. The Hall–Kier alpha value is -1.07. The maximum Gasteiger partial charge on any atom is 0.285 e. The first-order valence-corrected chi connectivity index (χ1v) is 7.79. The standard InChI is InChI=1S/C12H13ClN2O2S/c13-9-4-3-7-15(8-9)12-10-5-1-2-6-11(10)18(16,17)14-12/h1-2,5-6,9H,3-4,7-8H2. The van der Waals surface area contributed by atoms with Crippen LogP contribution in [0.1, 0.15) is 18.4 Å². The largest absolute Gasteiger partial charge is 0.354 e. The molecule has 1 unspecified atom stereocenters. The molecular formula is C12H13ClN2O2S. The predicted molar refractivity (Wildman–Crippen MR) is 70.6 cm³/mol. The van der Waals surface area contributed by atoms with E-state index in [0.29, 0.717) is 22.8 Å². The molecule has 0 saturated carbocycles. The summed E-state index contributed by atoms with van der Waals surface area (Å²) in [5.74, 6) is 0.552. The van der Waals surface area contributed by atoms with Gasteiger partial charge in [0.2, 0.25) is 0 Å². The van der Waals surface area contributed by atoms with Crippen LogP contribution in [0.2, 0.25) is 0 Å². The molecule has 96 valence electrons. The van der Waals surface area contributed by atoms with Gasteiger partial charge in [-0.1, -0.05) is 12.1 Å². The molecule has 1 fully saturated rings. The average molecular weight is 285 g/mol. The summed E-state index contributed by atoms with van der Waals surface area (Å²) in [6.07, 6.45) is 1.94. The highest BCUT2D eigenvalue weighted by Gasteiger charge is 2.33. The Bertz CT molecular complexity index is 612. The molecule has 0 radical (unpaired) electrons. The number of alkyl halides is 1. The second-order valence-electron chi connectivity index (χ2n) is 4.57. The minimum Gasteiger partial charge on any atom is -0.354 e. The van der Waals surface area contributed by atoms with Gasteiger partial charge in [-0.15, -0.1) is 16.0 Å². The van der Waals surface area contributed by atoms with E-state index in [4.69, 9.17) is 11.6 Å². The van der Waals surface area contributed by atoms with Crippen molar-refractivity contribution in [1.82, 2.24) is 4.90 Å². The summed E-state index contributed by atoms with van der Waals surface area (Å²) < 4.78 is 27.8. The molecule has 1 aromatic rings. The molecule has 1 saturated heterocycles. The molecule has 2 heterocycles. The summed E-state index contributed by atoms with van der Waals surface area (Å²) >= 11 is 6.14. The number of nitrogens with zero attached hydrogens (tertiary/aromatic N) is 2. The van der Waals surface area contributed by atoms with E-state index >= 15 is 0 Å². The van der Waals surface area contributed by atoms with Gasteiger partial charge in [0.05, 0.1) is 5.38 Å². The number of rotatable bonds is 0. The number of fused-ring (bicyclic) bond motifs is 1. The lowest BCUT2D eigenvalue weighted by atomic mass is 10.1. The number of amidine groups is 1. The number of likely N-dealkylation sites (tertiary alicyclic amines) is 1. The van der Waals surface area contributed by atoms with Crippen LogP contribution in [0.4, 0.5) is 0 Å². The summed E-state index contributed by atoms with van der Waals surface area (Å²) in [4.78, 5) is 2.28. The summed E-state index contributed by atoms with van der Waals surface area (Å²) in [7, 11) is -3.52. The lowest BCUT2D eigenvalue weighted by Crippen LogP contribution is -2.40. The molecule has 4 nitrogen and oxygen atoms in total. The smallest absolute Gasteiger partial charge is 0.285 e. The van der Waals surface area contributed by atoms with E-state index in [1.54, 1.807) is 18.2 Å². The van der Waals surface area contributed by atoms with Crippen LogP contribution in [-0.4, -0.2) is 37.6 Å². The molecule has 0 amide bonds. The minimum atomic E-state index is -3.52. The van der Waals surface area contributed by atoms with Gasteiger partial charge in [-0.05, 0) is 25.0 Å². The van der Waals surface area contributed by atoms with E-state index in [2.05, 4.69) is 4.40 Å². The summed E-state index contributed by atoms with van der Waals surface area (Å²) in [5, 5.41) is 0.0666. The fourth-order valence-electron chi connectivity index (χ4n) is 2.43. The zero-order valence-electron chi connectivity index (χ0n) is 9.71. The number of halogens is 1. The minimum absolute atomic E-state index is 0.0666. The van der Waals surface area contributed by atoms with Crippen LogP contribution in [0.15, 0.2) is 33.6 Å². The van der Waals surface area contributed by atoms with Crippen LogP contribution >= 0.6 is 11.6 Å². The molecule has 0 spiro atoms. The molecule has 3 rings (SSSR count). The SMILES string of the molecule is O=S1(=O)N=C(N2CCCC(Cl)C2)c2ccccc21. The van der Waals surface area contributed by atoms with Gasteiger partial charge in [-0.25, -0.2) is 0 Å². The Morgan fingerprint density at radius 3 is 2.89 bits per heavy atom. The first-order chi connectivity index (χ1) is 8.58. The van der Waals surface area contributed by atoms with Crippen molar-refractivity contribution < 1.29 is 8.42 Å². The third-order valence-electron chi connectivity index (χ3n) is 3.28. The van der Waals surface area contributed by atoms with Crippen molar-refractivity contribution in [3.63, 3.8) is 0 Å². The summed E-state index contributed by atoms with van der Waals surface area (Å²) in [6, 6.07) is 6.95. The molecule has 6 heteroatoms. The van der Waals surface area contributed by atoms with Crippen LogP contribution < -0.4 is 0 Å². The Balaban J connectivity index is 2.04. The fourth-order valence-corrected chi connectivity index (χ4v) is 3.98. The Morgan fingerprint density at radius 1 is 1.33 bits per heavy atom. The van der Waals surface area contributed by atoms with E-state index in [-0.39, 0.29) is 5.38 Å². The van der Waals surface area contributed by atoms with Crippen molar-refractivity contribution in [3.05, 3.63) is 29.8 Å². The first kappa shape index (κ1) is 12.0. The van der Waals surface area contributed by atoms with Crippen LogP contribution in [0.5, 0.6) is 0 Å². The number of hydrogen-bond acceptors (Lipinski definition) is 3. The van der Waals surface area contributed by atoms with Crippen molar-refractivity contribution in [2.75, 3.05) is 13.1 Å². The van der Waals surface area contributed by atoms with E-state index in [9.17, 15) is 8.42 Å². The molecular weight excluding hydrogens is 272 g/mol. The van der Waals surface area contributed by atoms with E-state index in [1.165, 1.54) is 0 Å². The van der Waals surface area contributed by atoms with Gasteiger partial charge in [-0.2, -0.15) is 8.42 Å². The molecule has 0 N–H and O–H groups in total. The van der Waals surface area contributed by atoms with E-state index in [1.807, 2.05) is 11.0 Å². The van der Waals surface area contributed by atoms with Gasteiger partial charge in [0.1, 0.15) is 4.90 Å². The van der Waals surface area contributed by atoms with Crippen LogP contribution in [-0.2, 0) is 10.0 Å². The zero-order chi connectivity index (χ0) is 12.8. The molecule has 2 aliphatic heterocycles. The van der Waals surface area contributed by atoms with Gasteiger partial charge in [-0.3, -0.25) is 0 Å². The van der Waals surface area contributed by atoms with Crippen LogP contribution in [0.25, 0.3) is 0 Å². The molecule has 0 bridgehead atoms. The predicted octanol–water partition coefficient (Wildman–Crippen LogP) is 1.84. The molecule has 0 aliphatic carbocycles. The maximum atomic E-state index is 11.9. The highest BCUT2D eigenvalue weighted by Crippen LogP contribution is 2.29. The fraction of sp³-hybridized carbons (Fsp3) is 0.417. The summed E-state index contributed by atoms with van der Waals surface area (Å²) in [6.45, 7) is 1.47. The summed E-state index contributed by atoms with van der Waals surface area (Å²) in [5.41, 5.74) is 0.697. The lowest BCUT2D eigenvalue weighted by molar-refractivity contribution is 0.348. The zero-order valence-corrected chi connectivity index (χ0v) is 11.3. The lowest BCUT2D eigenvalue weighted by Gasteiger charge is -2.31. The van der Waals surface area contributed by atoms with Crippen LogP contribution in [0.3, 0.4) is 0 Å². The second kappa shape index (κ2) is 4.24. The molecule has 2 aliphatic rings. The van der Waals surface area contributed by atoms with Gasteiger partial charge in [0.25, 0.3) is 10.0 Å². The number of sulfonamides is 1. The first-order valence-electron chi connectivity index (χ1n) is 5.91. The van der Waals surface area contributed by atoms with Crippen molar-refractivity contribution >= 4 is 27.5 Å². The van der Waals surface area contributed by atoms with Gasteiger partial charge in [0.15, 0.2) is 5.84 Å². The van der Waals surface area contributed by atoms with Crippen molar-refractivity contribution in [2.45, 2.75) is 23.1 Å². The Morgan fingerprint density at radius 2 is 2.11 bits per heavy atom. The number of piperidine rings is 1. The quantitative estimate of drug-likeness (QED) is 0.683. The van der Waals surface area contributed by atoms with Crippen LogP contribution in [0, 0.1) is 0 Å². The van der Waals surface area contributed by atoms with Crippen molar-refractivity contribution in [3.8, 4) is 0 Å². The van der Waals surface area contributed by atoms with E-state index < -0.39 is 10.0 Å². The second-order valence-corrected chi connectivity index (χ2v) is 6.76. The highest BCUT2D eigenvalue weighted by molar-refractivity contribution is 7.90. The third kappa shape index (κ3) is 1.91. The number of benzene rings is 1. The monoisotopic (exact) mass is 284 g/mol. The average Bonchev–Trinajstić information content (AvgIpc) is 2.63. The van der Waals surface area contributed by atoms with E-state index in [0.717, 1.165) is 19.4 Å². The molecule has 0 aromatic heterocycles. The van der Waals surface area contributed by atoms with Gasteiger partial charge < -0.3 is 4.90 Å². The Labute approximate surface area is 111 Å². The molecule has 1 aromatic carbocycles. The Kier molecular flexibility index (Phi) is 2.83. The van der Waals surface area contributed by atoms with Gasteiger partial charge >= 0.3 is 0 Å². The normalized spacial score (nSPS) is 25.7. The highest BCUT2D eigenvalue weighted by atomic mass is 35.5.